The molecule has 0 saturated carbocycles. The van der Waals surface area contributed by atoms with Crippen molar-refractivity contribution in [3.63, 3.8) is 0 Å². The Morgan fingerprint density at radius 3 is 2.91 bits per heavy atom. The van der Waals surface area contributed by atoms with Crippen molar-refractivity contribution in [2.24, 2.45) is 0 Å². The number of fused-ring (bicyclic) bond motifs is 1. The lowest BCUT2D eigenvalue weighted by Gasteiger charge is -2.06. The van der Waals surface area contributed by atoms with Gasteiger partial charge in [0.1, 0.15) is 17.0 Å². The third-order valence-corrected chi connectivity index (χ3v) is 4.18. The molecule has 1 N–H and O–H groups in total. The van der Waals surface area contributed by atoms with Gasteiger partial charge in [-0.05, 0) is 29.1 Å². The summed E-state index contributed by atoms with van der Waals surface area (Å²) in [5.74, 6) is 0.852. The number of nitrogens with zero attached hydrogens (tertiary/aromatic N) is 3. The summed E-state index contributed by atoms with van der Waals surface area (Å²) >= 11 is 1.61. The van der Waals surface area contributed by atoms with Crippen LogP contribution in [0.5, 0.6) is 0 Å². The van der Waals surface area contributed by atoms with Gasteiger partial charge in [-0.1, -0.05) is 6.07 Å². The van der Waals surface area contributed by atoms with E-state index in [9.17, 15) is 0 Å². The summed E-state index contributed by atoms with van der Waals surface area (Å²) in [7, 11) is 0. The Kier molecular flexibility index (Phi) is 3.29. The smallest absolute Gasteiger partial charge is 0.138 e. The summed E-state index contributed by atoms with van der Waals surface area (Å²) in [5.41, 5.74) is 2.98. The van der Waals surface area contributed by atoms with E-state index in [4.69, 9.17) is 4.42 Å². The lowest BCUT2D eigenvalue weighted by atomic mass is 10.2. The van der Waals surface area contributed by atoms with Crippen LogP contribution in [0.2, 0.25) is 0 Å². The van der Waals surface area contributed by atoms with Crippen LogP contribution in [0.15, 0.2) is 59.1 Å². The fourth-order valence-corrected chi connectivity index (χ4v) is 2.96. The van der Waals surface area contributed by atoms with Gasteiger partial charge >= 0.3 is 0 Å². The molecule has 4 aromatic heterocycles. The van der Waals surface area contributed by atoms with Gasteiger partial charge < -0.3 is 9.73 Å². The fraction of sp³-hybridized carbons (Fsp3) is 0.0625. The first kappa shape index (κ1) is 13.0. The molecule has 0 aliphatic rings. The van der Waals surface area contributed by atoms with Crippen molar-refractivity contribution in [2.45, 2.75) is 6.54 Å². The van der Waals surface area contributed by atoms with Crippen molar-refractivity contribution >= 4 is 27.4 Å². The predicted octanol–water partition coefficient (Wildman–Crippen LogP) is 3.96. The van der Waals surface area contributed by atoms with Crippen molar-refractivity contribution in [3.8, 4) is 11.3 Å². The van der Waals surface area contributed by atoms with Gasteiger partial charge in [0.05, 0.1) is 23.6 Å². The fourth-order valence-electron chi connectivity index (χ4n) is 2.23. The van der Waals surface area contributed by atoms with Crippen molar-refractivity contribution < 1.29 is 4.42 Å². The van der Waals surface area contributed by atoms with Crippen molar-refractivity contribution in [1.29, 1.82) is 0 Å². The number of hydrogen-bond donors (Lipinski definition) is 1. The maximum Gasteiger partial charge on any atom is 0.138 e. The summed E-state index contributed by atoms with van der Waals surface area (Å²) in [6.45, 7) is 0.667. The highest BCUT2D eigenvalue weighted by atomic mass is 32.1. The SMILES string of the molecule is c1nc(NCc2ccc(-c3ccoc3)nc2)c2ccsc2n1. The first-order valence-electron chi connectivity index (χ1n) is 6.80. The summed E-state index contributed by atoms with van der Waals surface area (Å²) in [6.07, 6.45) is 6.78. The molecular formula is C16H12N4OS. The van der Waals surface area contributed by atoms with Crippen LogP contribution in [0, 0.1) is 0 Å². The molecule has 5 nitrogen and oxygen atoms in total. The van der Waals surface area contributed by atoms with Gasteiger partial charge in [-0.15, -0.1) is 11.3 Å². The largest absolute Gasteiger partial charge is 0.472 e. The second kappa shape index (κ2) is 5.57. The number of hydrogen-bond acceptors (Lipinski definition) is 6. The van der Waals surface area contributed by atoms with Gasteiger partial charge in [-0.25, -0.2) is 9.97 Å². The van der Waals surface area contributed by atoms with E-state index >= 15 is 0 Å². The molecule has 108 valence electrons. The molecule has 4 aromatic rings. The Bertz CT molecular complexity index is 884. The van der Waals surface area contributed by atoms with E-state index in [1.54, 1.807) is 30.2 Å². The van der Waals surface area contributed by atoms with Gasteiger partial charge in [0, 0.05) is 18.3 Å². The molecule has 0 spiro atoms. The predicted molar refractivity (Wildman–Crippen MR) is 86.7 cm³/mol. The standard InChI is InChI=1S/C16H12N4OS/c1-2-14(12-3-5-21-9-12)17-7-11(1)8-18-15-13-4-6-22-16(13)20-10-19-15/h1-7,9-10H,8H2,(H,18,19,20). The molecule has 22 heavy (non-hydrogen) atoms. The second-order valence-electron chi connectivity index (χ2n) is 4.78. The minimum absolute atomic E-state index is 0.667. The molecule has 0 fully saturated rings. The Balaban J connectivity index is 1.51. The molecule has 0 aliphatic heterocycles. The molecule has 0 amide bonds. The zero-order valence-corrected chi connectivity index (χ0v) is 12.4. The maximum atomic E-state index is 5.07. The molecule has 0 radical (unpaired) electrons. The van der Waals surface area contributed by atoms with E-state index in [0.717, 1.165) is 32.9 Å². The lowest BCUT2D eigenvalue weighted by Crippen LogP contribution is -2.02. The molecule has 0 unspecified atom stereocenters. The maximum absolute atomic E-state index is 5.07. The zero-order chi connectivity index (χ0) is 14.8. The molecule has 0 bridgehead atoms. The van der Waals surface area contributed by atoms with Crippen LogP contribution in [0.4, 0.5) is 5.82 Å². The van der Waals surface area contributed by atoms with Crippen LogP contribution < -0.4 is 5.32 Å². The number of nitrogens with one attached hydrogen (secondary N) is 1. The van der Waals surface area contributed by atoms with Crippen LogP contribution >= 0.6 is 11.3 Å². The van der Waals surface area contributed by atoms with Gasteiger partial charge in [-0.2, -0.15) is 0 Å². The molecule has 6 heteroatoms. The van der Waals surface area contributed by atoms with Crippen molar-refractivity contribution in [3.05, 3.63) is 60.3 Å². The summed E-state index contributed by atoms with van der Waals surface area (Å²) < 4.78 is 5.07. The van der Waals surface area contributed by atoms with Gasteiger partial charge in [0.2, 0.25) is 0 Å². The van der Waals surface area contributed by atoms with E-state index in [2.05, 4.69) is 20.3 Å². The first-order valence-corrected chi connectivity index (χ1v) is 7.68. The van der Waals surface area contributed by atoms with E-state index in [0.29, 0.717) is 6.54 Å². The van der Waals surface area contributed by atoms with Crippen LogP contribution in [0.1, 0.15) is 5.56 Å². The van der Waals surface area contributed by atoms with Crippen molar-refractivity contribution in [2.75, 3.05) is 5.32 Å². The summed E-state index contributed by atoms with van der Waals surface area (Å²) in [6, 6.07) is 7.97. The average Bonchev–Trinajstić information content (AvgIpc) is 3.24. The number of anilines is 1. The highest BCUT2D eigenvalue weighted by Crippen LogP contribution is 2.24. The van der Waals surface area contributed by atoms with Crippen LogP contribution in [-0.4, -0.2) is 15.0 Å². The Labute approximate surface area is 130 Å². The van der Waals surface area contributed by atoms with Crippen LogP contribution in [-0.2, 0) is 6.54 Å². The normalized spacial score (nSPS) is 10.9. The number of furan rings is 1. The quantitative estimate of drug-likeness (QED) is 0.618. The topological polar surface area (TPSA) is 63.8 Å². The Morgan fingerprint density at radius 2 is 2.09 bits per heavy atom. The highest BCUT2D eigenvalue weighted by Gasteiger charge is 2.05. The first-order chi connectivity index (χ1) is 10.9. The highest BCUT2D eigenvalue weighted by molar-refractivity contribution is 7.16. The van der Waals surface area contributed by atoms with Gasteiger partial charge in [-0.3, -0.25) is 4.98 Å². The monoisotopic (exact) mass is 308 g/mol. The van der Waals surface area contributed by atoms with E-state index in [1.807, 2.05) is 35.8 Å². The second-order valence-corrected chi connectivity index (χ2v) is 5.67. The van der Waals surface area contributed by atoms with Crippen LogP contribution in [0.25, 0.3) is 21.5 Å². The Morgan fingerprint density at radius 1 is 1.09 bits per heavy atom. The van der Waals surface area contributed by atoms with E-state index in [-0.39, 0.29) is 0 Å². The van der Waals surface area contributed by atoms with E-state index < -0.39 is 0 Å². The molecule has 0 saturated heterocycles. The summed E-state index contributed by atoms with van der Waals surface area (Å²) in [5, 5.41) is 6.41. The lowest BCUT2D eigenvalue weighted by molar-refractivity contribution is 0.568. The Hall–Kier alpha value is -2.73. The number of pyridine rings is 1. The zero-order valence-electron chi connectivity index (χ0n) is 11.6. The average molecular weight is 308 g/mol. The molecule has 0 atom stereocenters. The number of thiophene rings is 1. The minimum atomic E-state index is 0.667. The molecule has 0 aliphatic carbocycles. The van der Waals surface area contributed by atoms with Gasteiger partial charge in [0.25, 0.3) is 0 Å². The van der Waals surface area contributed by atoms with Crippen LogP contribution in [0.3, 0.4) is 0 Å². The molecule has 4 heterocycles. The third kappa shape index (κ3) is 2.44. The van der Waals surface area contributed by atoms with Gasteiger partial charge in [0.15, 0.2) is 0 Å². The number of aromatic nitrogens is 3. The molecule has 0 aromatic carbocycles. The van der Waals surface area contributed by atoms with Crippen molar-refractivity contribution in [1.82, 2.24) is 15.0 Å². The molecular weight excluding hydrogens is 296 g/mol. The summed E-state index contributed by atoms with van der Waals surface area (Å²) in [4.78, 5) is 14.0. The van der Waals surface area contributed by atoms with E-state index in [1.165, 1.54) is 0 Å². The molecule has 4 rings (SSSR count). The minimum Gasteiger partial charge on any atom is -0.472 e. The number of rotatable bonds is 4. The third-order valence-electron chi connectivity index (χ3n) is 3.36.